The van der Waals surface area contributed by atoms with Crippen LogP contribution in [0.15, 0.2) is 24.3 Å². The molecule has 0 spiro atoms. The molecule has 1 fully saturated rings. The summed E-state index contributed by atoms with van der Waals surface area (Å²) in [5.74, 6) is -0.422. The van der Waals surface area contributed by atoms with Crippen molar-refractivity contribution in [3.63, 3.8) is 0 Å². The Morgan fingerprint density at radius 3 is 2.64 bits per heavy atom. The zero-order chi connectivity index (χ0) is 18.1. The van der Waals surface area contributed by atoms with Gasteiger partial charge >= 0.3 is 6.09 Å². The van der Waals surface area contributed by atoms with Gasteiger partial charge in [-0.15, -0.1) is 0 Å². The molecular weight excluding hydrogens is 322 g/mol. The van der Waals surface area contributed by atoms with Gasteiger partial charge in [-0.05, 0) is 44.5 Å². The van der Waals surface area contributed by atoms with Gasteiger partial charge < -0.3 is 15.0 Å². The molecule has 25 heavy (non-hydrogen) atoms. The van der Waals surface area contributed by atoms with Crippen LogP contribution in [0.25, 0.3) is 0 Å². The highest BCUT2D eigenvalue weighted by Crippen LogP contribution is 2.24. The number of carbonyl (C=O) groups is 3. The van der Waals surface area contributed by atoms with Crippen molar-refractivity contribution in [2.75, 3.05) is 23.4 Å². The third-order valence-electron chi connectivity index (χ3n) is 4.19. The number of H-pyrrole nitrogens is 1. The fraction of sp³-hybridized carbons (Fsp3) is 0.278. The number of Topliss-reactive ketones (excluding diaryl/α,β-unsaturated/α-hetero) is 1. The largest absolute Gasteiger partial charge is 0.447 e. The average molecular weight is 341 g/mol. The summed E-state index contributed by atoms with van der Waals surface area (Å²) in [5.41, 5.74) is 3.40. The van der Waals surface area contributed by atoms with E-state index in [4.69, 9.17) is 4.74 Å². The lowest BCUT2D eigenvalue weighted by Gasteiger charge is -2.14. The first-order valence-electron chi connectivity index (χ1n) is 7.94. The number of amides is 2. The van der Waals surface area contributed by atoms with Gasteiger partial charge in [-0.1, -0.05) is 6.07 Å². The van der Waals surface area contributed by atoms with E-state index >= 15 is 0 Å². The quantitative estimate of drug-likeness (QED) is 0.836. The molecule has 2 amide bonds. The minimum atomic E-state index is -0.398. The Labute approximate surface area is 145 Å². The Hall–Kier alpha value is -3.09. The Morgan fingerprint density at radius 1 is 1.28 bits per heavy atom. The van der Waals surface area contributed by atoms with Crippen LogP contribution in [0.4, 0.5) is 16.2 Å². The van der Waals surface area contributed by atoms with Crippen molar-refractivity contribution in [3.8, 4) is 0 Å². The lowest BCUT2D eigenvalue weighted by Crippen LogP contribution is -2.23. The van der Waals surface area contributed by atoms with Crippen molar-refractivity contribution in [2.24, 2.45) is 0 Å². The van der Waals surface area contributed by atoms with Crippen molar-refractivity contribution in [1.29, 1.82) is 0 Å². The monoisotopic (exact) mass is 341 g/mol. The third-order valence-corrected chi connectivity index (χ3v) is 4.19. The maximum atomic E-state index is 12.6. The highest BCUT2D eigenvalue weighted by molar-refractivity contribution is 6.07. The molecule has 0 saturated carbocycles. The van der Waals surface area contributed by atoms with Crippen LogP contribution in [0.3, 0.4) is 0 Å². The van der Waals surface area contributed by atoms with E-state index < -0.39 is 6.09 Å². The van der Waals surface area contributed by atoms with Gasteiger partial charge in [0, 0.05) is 22.6 Å². The third kappa shape index (κ3) is 3.13. The van der Waals surface area contributed by atoms with Gasteiger partial charge in [-0.2, -0.15) is 0 Å². The van der Waals surface area contributed by atoms with Crippen LogP contribution in [-0.2, 0) is 4.74 Å². The standard InChI is InChI=1S/C18H19N3O4/c1-10-15(12(3)22)11(2)19-16(10)17(23)20-13-5-4-6-14(9-13)21-7-8-25-18(21)24/h4-6,9,19H,7-8H2,1-3H3,(H,20,23). The number of hydrogen-bond acceptors (Lipinski definition) is 4. The van der Waals surface area contributed by atoms with Crippen molar-refractivity contribution in [1.82, 2.24) is 4.98 Å². The number of hydrogen-bond donors (Lipinski definition) is 2. The van der Waals surface area contributed by atoms with E-state index in [-0.39, 0.29) is 11.7 Å². The number of nitrogens with one attached hydrogen (secondary N) is 2. The lowest BCUT2D eigenvalue weighted by atomic mass is 10.1. The van der Waals surface area contributed by atoms with Gasteiger partial charge in [0.25, 0.3) is 5.91 Å². The fourth-order valence-electron chi connectivity index (χ4n) is 3.08. The van der Waals surface area contributed by atoms with Crippen molar-refractivity contribution in [2.45, 2.75) is 20.8 Å². The van der Waals surface area contributed by atoms with Gasteiger partial charge in [-0.3, -0.25) is 14.5 Å². The Kier molecular flexibility index (Phi) is 4.31. The van der Waals surface area contributed by atoms with Gasteiger partial charge in [-0.25, -0.2) is 4.79 Å². The van der Waals surface area contributed by atoms with Crippen molar-refractivity contribution >= 4 is 29.2 Å². The van der Waals surface area contributed by atoms with Crippen LogP contribution in [0.5, 0.6) is 0 Å². The van der Waals surface area contributed by atoms with Crippen molar-refractivity contribution < 1.29 is 19.1 Å². The molecule has 7 nitrogen and oxygen atoms in total. The summed E-state index contributed by atoms with van der Waals surface area (Å²) in [6.07, 6.45) is -0.398. The fourth-order valence-corrected chi connectivity index (χ4v) is 3.08. The highest BCUT2D eigenvalue weighted by Gasteiger charge is 2.24. The van der Waals surface area contributed by atoms with Crippen LogP contribution in [0, 0.1) is 13.8 Å². The van der Waals surface area contributed by atoms with E-state index in [2.05, 4.69) is 10.3 Å². The maximum absolute atomic E-state index is 12.6. The van der Waals surface area contributed by atoms with E-state index in [0.29, 0.717) is 47.0 Å². The maximum Gasteiger partial charge on any atom is 0.414 e. The van der Waals surface area contributed by atoms with Gasteiger partial charge in [0.1, 0.15) is 12.3 Å². The van der Waals surface area contributed by atoms with Gasteiger partial charge in [0.15, 0.2) is 5.78 Å². The van der Waals surface area contributed by atoms with Crippen molar-refractivity contribution in [3.05, 3.63) is 46.8 Å². The molecular formula is C18H19N3O4. The molecule has 0 atom stereocenters. The first-order valence-corrected chi connectivity index (χ1v) is 7.94. The molecule has 0 unspecified atom stereocenters. The molecule has 2 heterocycles. The summed E-state index contributed by atoms with van der Waals surface area (Å²) in [6, 6.07) is 6.98. The molecule has 0 bridgehead atoms. The number of aromatic nitrogens is 1. The normalized spacial score (nSPS) is 13.7. The summed E-state index contributed by atoms with van der Waals surface area (Å²) in [4.78, 5) is 40.4. The van der Waals surface area contributed by atoms with Crippen LogP contribution >= 0.6 is 0 Å². The number of nitrogens with zero attached hydrogens (tertiary/aromatic N) is 1. The van der Waals surface area contributed by atoms with Crippen LogP contribution in [0.1, 0.15) is 39.0 Å². The molecule has 3 rings (SSSR count). The molecule has 1 aliphatic rings. The van der Waals surface area contributed by atoms with Crippen LogP contribution < -0.4 is 10.2 Å². The predicted octanol–water partition coefficient (Wildman–Crippen LogP) is 3.04. The number of aryl methyl sites for hydroxylation is 1. The summed E-state index contributed by atoms with van der Waals surface area (Å²) in [5, 5.41) is 2.80. The number of carbonyl (C=O) groups excluding carboxylic acids is 3. The minimum Gasteiger partial charge on any atom is -0.447 e. The number of ether oxygens (including phenoxy) is 1. The molecule has 2 aromatic rings. The van der Waals surface area contributed by atoms with Crippen LogP contribution in [-0.4, -0.2) is 35.9 Å². The topological polar surface area (TPSA) is 91.5 Å². The molecule has 1 aromatic carbocycles. The van der Waals surface area contributed by atoms with E-state index in [1.54, 1.807) is 38.1 Å². The number of rotatable bonds is 4. The Balaban J connectivity index is 1.83. The number of benzene rings is 1. The van der Waals surface area contributed by atoms with Crippen LogP contribution in [0.2, 0.25) is 0 Å². The number of anilines is 2. The first kappa shape index (κ1) is 16.8. The number of ketones is 1. The smallest absolute Gasteiger partial charge is 0.414 e. The van der Waals surface area contributed by atoms with E-state index in [1.807, 2.05) is 0 Å². The van der Waals surface area contributed by atoms with E-state index in [0.717, 1.165) is 0 Å². The SMILES string of the molecule is CC(=O)c1c(C)[nH]c(C(=O)Nc2cccc(N3CCOC3=O)c2)c1C. The Morgan fingerprint density at radius 2 is 2.04 bits per heavy atom. The molecule has 2 N–H and O–H groups in total. The molecule has 130 valence electrons. The predicted molar refractivity (Wildman–Crippen MR) is 93.4 cm³/mol. The lowest BCUT2D eigenvalue weighted by molar-refractivity contribution is 0.101. The first-order chi connectivity index (χ1) is 11.9. The summed E-state index contributed by atoms with van der Waals surface area (Å²) in [7, 11) is 0. The van der Waals surface area contributed by atoms with E-state index in [9.17, 15) is 14.4 Å². The zero-order valence-corrected chi connectivity index (χ0v) is 14.3. The Bertz CT molecular complexity index is 869. The van der Waals surface area contributed by atoms with E-state index in [1.165, 1.54) is 11.8 Å². The summed E-state index contributed by atoms with van der Waals surface area (Å²) in [6.45, 7) is 5.81. The highest BCUT2D eigenvalue weighted by atomic mass is 16.6. The number of aromatic amines is 1. The zero-order valence-electron chi connectivity index (χ0n) is 14.3. The molecule has 7 heteroatoms. The molecule has 1 aliphatic heterocycles. The second-order valence-electron chi connectivity index (χ2n) is 5.95. The second-order valence-corrected chi connectivity index (χ2v) is 5.95. The average Bonchev–Trinajstić information content (AvgIpc) is 3.10. The second kappa shape index (κ2) is 6.43. The summed E-state index contributed by atoms with van der Waals surface area (Å²) < 4.78 is 4.93. The minimum absolute atomic E-state index is 0.0835. The molecule has 0 radical (unpaired) electrons. The van der Waals surface area contributed by atoms with Gasteiger partial charge in [0.2, 0.25) is 0 Å². The summed E-state index contributed by atoms with van der Waals surface area (Å²) >= 11 is 0. The molecule has 0 aliphatic carbocycles. The van der Waals surface area contributed by atoms with Gasteiger partial charge in [0.05, 0.1) is 6.54 Å². The molecule has 1 aromatic heterocycles. The number of cyclic esters (lactones) is 1. The molecule has 1 saturated heterocycles.